The first kappa shape index (κ1) is 29.7. The molecule has 0 aromatic heterocycles. The van der Waals surface area contributed by atoms with Gasteiger partial charge < -0.3 is 18.4 Å². The second kappa shape index (κ2) is 11.6. The van der Waals surface area contributed by atoms with Crippen molar-refractivity contribution in [2.45, 2.75) is 83.8 Å². The number of benzene rings is 2. The van der Waals surface area contributed by atoms with Gasteiger partial charge in [0, 0.05) is 13.0 Å². The SMILES string of the molecule is CO[C@@H](CO[Si](c1ccccc1)(c1ccccc1)C(C)(C)C)[C@@H](O[Si](C)(C)C(C)(C)C)[C@@H](C)C=O. The Bertz CT molecular complexity index is 878. The van der Waals surface area contributed by atoms with E-state index in [4.69, 9.17) is 13.6 Å². The highest BCUT2D eigenvalue weighted by Gasteiger charge is 2.51. The molecule has 4 nitrogen and oxygen atoms in total. The minimum atomic E-state index is -2.73. The minimum Gasteiger partial charge on any atom is -0.410 e. The summed E-state index contributed by atoms with van der Waals surface area (Å²) in [5, 5.41) is 2.32. The summed E-state index contributed by atoms with van der Waals surface area (Å²) in [6, 6.07) is 21.2. The molecule has 35 heavy (non-hydrogen) atoms. The van der Waals surface area contributed by atoms with E-state index in [9.17, 15) is 4.79 Å². The second-order valence-corrected chi connectivity index (χ2v) is 21.1. The monoisotopic (exact) mass is 514 g/mol. The zero-order valence-corrected chi connectivity index (χ0v) is 25.4. The predicted molar refractivity (Wildman–Crippen MR) is 152 cm³/mol. The number of hydrogen-bond acceptors (Lipinski definition) is 4. The fourth-order valence-electron chi connectivity index (χ4n) is 4.38. The van der Waals surface area contributed by atoms with Gasteiger partial charge in [-0.05, 0) is 33.5 Å². The van der Waals surface area contributed by atoms with Crippen molar-refractivity contribution >= 4 is 33.3 Å². The number of carbonyl (C=O) groups is 1. The molecule has 6 heteroatoms. The molecular formula is C29H46O4Si2. The largest absolute Gasteiger partial charge is 0.410 e. The van der Waals surface area contributed by atoms with Crippen LogP contribution in [0.3, 0.4) is 0 Å². The molecule has 0 radical (unpaired) electrons. The van der Waals surface area contributed by atoms with Gasteiger partial charge in [0.05, 0.1) is 12.7 Å². The number of hydrogen-bond donors (Lipinski definition) is 0. The van der Waals surface area contributed by atoms with E-state index in [0.717, 1.165) is 6.29 Å². The highest BCUT2D eigenvalue weighted by molar-refractivity contribution is 6.99. The van der Waals surface area contributed by atoms with Crippen LogP contribution < -0.4 is 10.4 Å². The van der Waals surface area contributed by atoms with Gasteiger partial charge in [-0.3, -0.25) is 0 Å². The Hall–Kier alpha value is -1.58. The van der Waals surface area contributed by atoms with E-state index in [1.807, 2.05) is 19.1 Å². The second-order valence-electron chi connectivity index (χ2n) is 12.1. The molecule has 2 aromatic rings. The van der Waals surface area contributed by atoms with Crippen molar-refractivity contribution < 1.29 is 18.4 Å². The molecular weight excluding hydrogens is 468 g/mol. The predicted octanol–water partition coefficient (Wildman–Crippen LogP) is 5.80. The van der Waals surface area contributed by atoms with Crippen LogP contribution in [0.25, 0.3) is 0 Å². The van der Waals surface area contributed by atoms with Gasteiger partial charge in [0.2, 0.25) is 0 Å². The van der Waals surface area contributed by atoms with Crippen molar-refractivity contribution in [1.82, 2.24) is 0 Å². The summed E-state index contributed by atoms with van der Waals surface area (Å²) in [5.74, 6) is -0.308. The van der Waals surface area contributed by atoms with Gasteiger partial charge in [-0.2, -0.15) is 0 Å². The summed E-state index contributed by atoms with van der Waals surface area (Å²) in [6.07, 6.45) is 0.231. The van der Waals surface area contributed by atoms with Gasteiger partial charge >= 0.3 is 0 Å². The molecule has 0 aliphatic rings. The molecule has 0 amide bonds. The molecule has 3 atom stereocenters. The molecule has 0 aliphatic heterocycles. The minimum absolute atomic E-state index is 0.0188. The molecule has 0 heterocycles. The Morgan fingerprint density at radius 3 is 1.63 bits per heavy atom. The molecule has 0 spiro atoms. The molecule has 0 bridgehead atoms. The number of rotatable bonds is 11. The number of ether oxygens (including phenoxy) is 1. The molecule has 2 aromatic carbocycles. The lowest BCUT2D eigenvalue weighted by atomic mass is 10.0. The van der Waals surface area contributed by atoms with Crippen molar-refractivity contribution in [2.24, 2.45) is 5.92 Å². The quantitative estimate of drug-likeness (QED) is 0.281. The zero-order valence-electron chi connectivity index (χ0n) is 23.4. The number of methoxy groups -OCH3 is 1. The van der Waals surface area contributed by atoms with Crippen LogP contribution in [0.4, 0.5) is 0 Å². The average Bonchev–Trinajstić information content (AvgIpc) is 2.80. The van der Waals surface area contributed by atoms with Crippen molar-refractivity contribution in [3.05, 3.63) is 60.7 Å². The lowest BCUT2D eigenvalue weighted by Crippen LogP contribution is -2.67. The fraction of sp³-hybridized carbons (Fsp3) is 0.552. The van der Waals surface area contributed by atoms with Gasteiger partial charge in [0.15, 0.2) is 8.32 Å². The summed E-state index contributed by atoms with van der Waals surface area (Å²) in [7, 11) is -3.18. The summed E-state index contributed by atoms with van der Waals surface area (Å²) in [5.41, 5.74) is 0. The topological polar surface area (TPSA) is 44.8 Å². The first-order chi connectivity index (χ1) is 16.2. The Balaban J connectivity index is 2.54. The van der Waals surface area contributed by atoms with Crippen molar-refractivity contribution in [3.8, 4) is 0 Å². The standard InChI is InChI=1S/C29H46O4Si2/c1-23(21-30)27(33-34(9,10)28(2,3)4)26(31-8)22-32-35(29(5,6)7,24-17-13-11-14-18-24)25-19-15-12-16-20-25/h11-21,23,26-27H,22H2,1-10H3/t23-,26-,27-/m0/s1. The highest BCUT2D eigenvalue weighted by atomic mass is 28.4. The van der Waals surface area contributed by atoms with Crippen molar-refractivity contribution in [2.75, 3.05) is 13.7 Å². The Morgan fingerprint density at radius 2 is 1.29 bits per heavy atom. The van der Waals surface area contributed by atoms with Crippen LogP contribution in [0, 0.1) is 5.92 Å². The molecule has 0 N–H and O–H groups in total. The van der Waals surface area contributed by atoms with Crippen molar-refractivity contribution in [3.63, 3.8) is 0 Å². The van der Waals surface area contributed by atoms with Gasteiger partial charge in [-0.15, -0.1) is 0 Å². The van der Waals surface area contributed by atoms with Crippen LogP contribution in [0.2, 0.25) is 23.2 Å². The molecule has 0 unspecified atom stereocenters. The third-order valence-corrected chi connectivity index (χ3v) is 17.0. The van der Waals surface area contributed by atoms with Crippen LogP contribution in [-0.2, 0) is 18.4 Å². The first-order valence-corrected chi connectivity index (χ1v) is 17.4. The van der Waals surface area contributed by atoms with Crippen molar-refractivity contribution in [1.29, 1.82) is 0 Å². The molecule has 0 fully saturated rings. The van der Waals surface area contributed by atoms with E-state index in [1.165, 1.54) is 10.4 Å². The Morgan fingerprint density at radius 1 is 0.829 bits per heavy atom. The number of aldehydes is 1. The molecule has 2 rings (SSSR count). The average molecular weight is 515 g/mol. The lowest BCUT2D eigenvalue weighted by molar-refractivity contribution is -0.118. The van der Waals surface area contributed by atoms with Crippen LogP contribution in [0.1, 0.15) is 48.5 Å². The third-order valence-electron chi connectivity index (χ3n) is 7.52. The smallest absolute Gasteiger partial charge is 0.261 e. The summed E-state index contributed by atoms with van der Waals surface area (Å²) in [6.45, 7) is 20.1. The summed E-state index contributed by atoms with van der Waals surface area (Å²) < 4.78 is 19.9. The molecule has 194 valence electrons. The zero-order chi connectivity index (χ0) is 26.5. The van der Waals surface area contributed by atoms with E-state index in [2.05, 4.69) is 103 Å². The van der Waals surface area contributed by atoms with E-state index in [1.54, 1.807) is 7.11 Å². The normalized spacial score (nSPS) is 15.9. The van der Waals surface area contributed by atoms with E-state index in [-0.39, 0.29) is 28.2 Å². The van der Waals surface area contributed by atoms with Crippen LogP contribution in [-0.4, -0.2) is 48.8 Å². The Kier molecular flexibility index (Phi) is 9.87. The highest BCUT2D eigenvalue weighted by Crippen LogP contribution is 2.40. The van der Waals surface area contributed by atoms with Gasteiger partial charge in [-0.1, -0.05) is 109 Å². The third kappa shape index (κ3) is 6.60. The fourth-order valence-corrected chi connectivity index (χ4v) is 10.4. The first-order valence-electron chi connectivity index (χ1n) is 12.6. The summed E-state index contributed by atoms with van der Waals surface area (Å²) in [4.78, 5) is 12.0. The maximum atomic E-state index is 12.0. The van der Waals surface area contributed by atoms with Gasteiger partial charge in [-0.25, -0.2) is 0 Å². The maximum Gasteiger partial charge on any atom is 0.261 e. The van der Waals surface area contributed by atoms with Crippen LogP contribution >= 0.6 is 0 Å². The number of carbonyl (C=O) groups excluding carboxylic acids is 1. The molecule has 0 aliphatic carbocycles. The summed E-state index contributed by atoms with van der Waals surface area (Å²) >= 11 is 0. The Labute approximate surface area is 215 Å². The maximum absolute atomic E-state index is 12.0. The van der Waals surface area contributed by atoms with E-state index >= 15 is 0 Å². The molecule has 0 saturated heterocycles. The van der Waals surface area contributed by atoms with E-state index < -0.39 is 16.6 Å². The van der Waals surface area contributed by atoms with Crippen LogP contribution in [0.15, 0.2) is 60.7 Å². The van der Waals surface area contributed by atoms with Gasteiger partial charge in [0.25, 0.3) is 8.32 Å². The molecule has 0 saturated carbocycles. The van der Waals surface area contributed by atoms with Gasteiger partial charge in [0.1, 0.15) is 12.4 Å². The van der Waals surface area contributed by atoms with Crippen LogP contribution in [0.5, 0.6) is 0 Å². The van der Waals surface area contributed by atoms with E-state index in [0.29, 0.717) is 6.61 Å². The lowest BCUT2D eigenvalue weighted by Gasteiger charge is -2.45.